The van der Waals surface area contributed by atoms with Gasteiger partial charge in [0, 0.05) is 98.4 Å². The Morgan fingerprint density at radius 3 is 0.777 bits per heavy atom. The summed E-state index contributed by atoms with van der Waals surface area (Å²) in [4.78, 5) is 0. The molecule has 0 aliphatic rings. The van der Waals surface area contributed by atoms with Crippen LogP contribution in [0.2, 0.25) is 0 Å². The molecule has 6 aromatic heterocycles. The van der Waals surface area contributed by atoms with Crippen LogP contribution in [0.25, 0.3) is 232 Å². The van der Waals surface area contributed by atoms with Crippen LogP contribution in [-0.4, -0.2) is 27.4 Å². The highest BCUT2D eigenvalue weighted by Gasteiger charge is 2.26. The molecule has 0 N–H and O–H groups in total. The summed E-state index contributed by atoms with van der Waals surface area (Å²) in [6.45, 7) is 0. The van der Waals surface area contributed by atoms with E-state index in [2.05, 4.69) is 349 Å². The van der Waals surface area contributed by atoms with E-state index in [-0.39, 0.29) is 0 Å². The van der Waals surface area contributed by atoms with Crippen molar-refractivity contribution in [3.63, 3.8) is 0 Å². The van der Waals surface area contributed by atoms with Crippen molar-refractivity contribution in [3.8, 4) is 149 Å². The summed E-state index contributed by atoms with van der Waals surface area (Å²) in [6, 6.07) is 175. The highest BCUT2D eigenvalue weighted by Crippen LogP contribution is 2.48. The molecular formula is C134H76N14. The molecule has 0 saturated carbocycles. The lowest BCUT2D eigenvalue weighted by atomic mass is 9.96. The van der Waals surface area contributed by atoms with E-state index in [0.29, 0.717) is 44.5 Å². The first-order valence-electron chi connectivity index (χ1n) is 48.5. The smallest absolute Gasteiger partial charge is 0.101 e. The summed E-state index contributed by atoms with van der Waals surface area (Å²) in [6.07, 6.45) is 0. The highest BCUT2D eigenvalue weighted by molar-refractivity contribution is 6.19. The Balaban J connectivity index is 0.000000115. The molecule has 0 unspecified atom stereocenters. The van der Waals surface area contributed by atoms with Crippen molar-refractivity contribution >= 4 is 131 Å². The van der Waals surface area contributed by atoms with Gasteiger partial charge >= 0.3 is 0 Å². The van der Waals surface area contributed by atoms with Gasteiger partial charge in [0.1, 0.15) is 18.2 Å². The fraction of sp³-hybridized carbons (Fsp3) is 0. The molecule has 0 radical (unpaired) electrons. The monoisotopic (exact) mass is 1880 g/mol. The van der Waals surface area contributed by atoms with Gasteiger partial charge in [-0.2, -0.15) is 42.1 Å². The van der Waals surface area contributed by atoms with E-state index in [1.54, 1.807) is 0 Å². The molecule has 14 heteroatoms. The Bertz CT molecular complexity index is 10600. The van der Waals surface area contributed by atoms with Crippen molar-refractivity contribution in [2.45, 2.75) is 0 Å². The average Bonchev–Trinajstić information content (AvgIpc) is 1.60. The fourth-order valence-corrected chi connectivity index (χ4v) is 22.0. The molecular weight excluding hydrogens is 1810 g/mol. The molecule has 0 saturated heterocycles. The molecule has 0 aliphatic carbocycles. The lowest BCUT2D eigenvalue weighted by Gasteiger charge is -2.13. The van der Waals surface area contributed by atoms with Gasteiger partial charge in [0.2, 0.25) is 0 Å². The van der Waals surface area contributed by atoms with Crippen LogP contribution in [0, 0.1) is 90.6 Å². The highest BCUT2D eigenvalue weighted by atomic mass is 15.0. The topological polar surface area (TPSA) is 220 Å². The van der Waals surface area contributed by atoms with Crippen LogP contribution in [0.15, 0.2) is 461 Å². The number of hydrogen-bond donors (Lipinski definition) is 0. The van der Waals surface area contributed by atoms with Crippen LogP contribution >= 0.6 is 0 Å². The lowest BCUT2D eigenvalue weighted by Crippen LogP contribution is -1.97. The molecule has 148 heavy (non-hydrogen) atoms. The molecule has 27 rings (SSSR count). The molecule has 0 aliphatic heterocycles. The van der Waals surface area contributed by atoms with E-state index < -0.39 is 0 Å². The van der Waals surface area contributed by atoms with E-state index in [1.165, 1.54) is 27.4 Å². The number of benzene rings is 21. The second-order valence-electron chi connectivity index (χ2n) is 36.7. The summed E-state index contributed by atoms with van der Waals surface area (Å²) in [7, 11) is 0. The van der Waals surface area contributed by atoms with Gasteiger partial charge < -0.3 is 27.4 Å². The van der Waals surface area contributed by atoms with Gasteiger partial charge in [-0.25, -0.2) is 0 Å². The van der Waals surface area contributed by atoms with E-state index in [4.69, 9.17) is 0 Å². The number of nitriles is 8. The fourth-order valence-electron chi connectivity index (χ4n) is 22.0. The Morgan fingerprint density at radius 1 is 0.135 bits per heavy atom. The number of fused-ring (bicyclic) bond motifs is 18. The third kappa shape index (κ3) is 14.7. The Kier molecular flexibility index (Phi) is 21.7. The van der Waals surface area contributed by atoms with Crippen LogP contribution in [0.1, 0.15) is 44.5 Å². The van der Waals surface area contributed by atoms with Crippen LogP contribution in [0.3, 0.4) is 0 Å². The van der Waals surface area contributed by atoms with Gasteiger partial charge in [0.05, 0.1) is 158 Å². The minimum atomic E-state index is 0.582. The first kappa shape index (κ1) is 87.8. The van der Waals surface area contributed by atoms with Crippen LogP contribution in [0.5, 0.6) is 0 Å². The zero-order chi connectivity index (χ0) is 99.7. The van der Waals surface area contributed by atoms with Crippen molar-refractivity contribution in [2.24, 2.45) is 0 Å². The Hall–Kier alpha value is -21.7. The minimum Gasteiger partial charge on any atom is -0.309 e. The molecule has 0 fully saturated rings. The third-order valence-corrected chi connectivity index (χ3v) is 28.6. The van der Waals surface area contributed by atoms with Gasteiger partial charge in [-0.05, 0) is 268 Å². The van der Waals surface area contributed by atoms with Crippen LogP contribution in [0.4, 0.5) is 0 Å². The van der Waals surface area contributed by atoms with Gasteiger partial charge in [-0.3, -0.25) is 0 Å². The van der Waals surface area contributed by atoms with Crippen molar-refractivity contribution < 1.29 is 0 Å². The summed E-state index contributed by atoms with van der Waals surface area (Å²) in [5.41, 5.74) is 35.9. The van der Waals surface area contributed by atoms with Crippen LogP contribution < -0.4 is 0 Å². The maximum absolute atomic E-state index is 9.94. The molecule has 0 bridgehead atoms. The first-order chi connectivity index (χ1) is 73.1. The first-order valence-corrected chi connectivity index (χ1v) is 48.5. The molecule has 0 amide bonds. The second-order valence-corrected chi connectivity index (χ2v) is 36.7. The van der Waals surface area contributed by atoms with Crippen molar-refractivity contribution in [1.82, 2.24) is 27.4 Å². The number of aromatic nitrogens is 6. The minimum absolute atomic E-state index is 0.582. The van der Waals surface area contributed by atoms with E-state index in [9.17, 15) is 42.1 Å². The van der Waals surface area contributed by atoms with E-state index >= 15 is 0 Å². The van der Waals surface area contributed by atoms with Gasteiger partial charge in [0.25, 0.3) is 0 Å². The predicted octanol–water partition coefficient (Wildman–Crippen LogP) is 32.6. The largest absolute Gasteiger partial charge is 0.309 e. The van der Waals surface area contributed by atoms with Crippen molar-refractivity contribution in [2.75, 3.05) is 0 Å². The molecule has 682 valence electrons. The standard InChI is InChI=1S/2C45H25N5.C44H26N4/c46-26-29-8-5-12-35(22-29)49-43-20-18-30(27-47)23-39(43)38-15-7-14-36(45(38)49)33-11-6-10-31(24-33)32-19-21-44-40(25-32)37-13-2-4-17-42(37)50(44)41-16-3-1-9-34(41)28-48;46-26-29-15-19-35(20-16-29)49-43-21-17-30(27-47)23-39(43)38-12-6-11-36(45(38)49)33-9-5-8-31(24-33)32-18-22-44-40(25-32)37-10-2-4-14-42(37)50(44)41-13-3-1-7-34(41)28-48;45-27-29-20-22-42-38(24-29)39-26-31(21-23-43(39)48(42)40-18-6-4-10-33(40)28-46)30-11-8-12-32(25-30)35-16-9-17-37-36-15-5-7-19-41(36)47(44(35)37)34-13-2-1-3-14-34/h2*1-25H;1-26H. The van der Waals surface area contributed by atoms with E-state index in [1.807, 2.05) is 188 Å². The SMILES string of the molecule is N#Cc1ccc(-n2c3ccc(C#N)cc3c3cccc(-c4cccc(-c5ccc6c(c5)c5ccccc5n6-c5ccccc5C#N)c4)c32)cc1.N#Cc1ccc2c(c1)c1cc(-c3cccc(-c4cccc5c6ccccc6n(-c6ccccc6)c45)c3)ccc1n2-c1ccccc1C#N.N#Cc1cccc(-n2c3ccc(C#N)cc3c3cccc(-c4cccc(-c5ccc6c(c5)c5ccccc5n6-c5ccccc5C#N)c4)c32)c1. The second kappa shape index (κ2) is 36.5. The molecule has 27 aromatic rings. The maximum Gasteiger partial charge on any atom is 0.101 e. The zero-order valence-corrected chi connectivity index (χ0v) is 79.1. The lowest BCUT2D eigenvalue weighted by molar-refractivity contribution is 1.17. The third-order valence-electron chi connectivity index (χ3n) is 28.6. The number of para-hydroxylation sites is 10. The quantitative estimate of drug-likeness (QED) is 0.114. The average molecular weight is 1880 g/mol. The Labute approximate surface area is 849 Å². The van der Waals surface area contributed by atoms with Gasteiger partial charge in [-0.15, -0.1) is 0 Å². The Morgan fingerprint density at radius 2 is 0.385 bits per heavy atom. The molecule has 14 nitrogen and oxygen atoms in total. The predicted molar refractivity (Wildman–Crippen MR) is 596 cm³/mol. The maximum atomic E-state index is 9.94. The van der Waals surface area contributed by atoms with Gasteiger partial charge in [0.15, 0.2) is 0 Å². The van der Waals surface area contributed by atoms with Crippen LogP contribution in [-0.2, 0) is 0 Å². The van der Waals surface area contributed by atoms with Crippen molar-refractivity contribution in [1.29, 1.82) is 42.1 Å². The van der Waals surface area contributed by atoms with E-state index in [0.717, 1.165) is 204 Å². The number of rotatable bonds is 12. The molecule has 0 atom stereocenters. The summed E-state index contributed by atoms with van der Waals surface area (Å²) >= 11 is 0. The molecule has 6 heterocycles. The molecule has 0 spiro atoms. The number of hydrogen-bond acceptors (Lipinski definition) is 8. The zero-order valence-electron chi connectivity index (χ0n) is 79.1. The summed E-state index contributed by atoms with van der Waals surface area (Å²) < 4.78 is 13.3. The molecule has 21 aromatic carbocycles. The normalized spacial score (nSPS) is 11.2. The summed E-state index contributed by atoms with van der Waals surface area (Å²) in [5.74, 6) is 0. The summed E-state index contributed by atoms with van der Waals surface area (Å²) in [5, 5.41) is 91.2. The number of nitrogens with zero attached hydrogens (tertiary/aromatic N) is 14. The van der Waals surface area contributed by atoms with Crippen molar-refractivity contribution in [3.05, 3.63) is 506 Å². The van der Waals surface area contributed by atoms with Gasteiger partial charge in [-0.1, -0.05) is 243 Å².